The van der Waals surface area contributed by atoms with Crippen LogP contribution in [0.5, 0.6) is 0 Å². The molecule has 0 aliphatic heterocycles. The highest BCUT2D eigenvalue weighted by Crippen LogP contribution is 2.25. The molecule has 0 fully saturated rings. The van der Waals surface area contributed by atoms with Gasteiger partial charge in [0.15, 0.2) is 0 Å². The zero-order valence-electron chi connectivity index (χ0n) is 11.4. The molecule has 0 radical (unpaired) electrons. The molecule has 0 saturated carbocycles. The first-order valence-electron chi connectivity index (χ1n) is 6.54. The summed E-state index contributed by atoms with van der Waals surface area (Å²) in [6.07, 6.45) is 2.46. The Balaban J connectivity index is 2.79. The van der Waals surface area contributed by atoms with E-state index < -0.39 is 0 Å². The average molecular weight is 253 g/mol. The number of nitrogens with one attached hydrogen (secondary N) is 2. The highest BCUT2D eigenvalue weighted by atomic mass is 16.3. The van der Waals surface area contributed by atoms with Crippen LogP contribution >= 0.6 is 0 Å². The van der Waals surface area contributed by atoms with Crippen molar-refractivity contribution in [2.45, 2.75) is 40.0 Å². The van der Waals surface area contributed by atoms with Crippen LogP contribution in [0.25, 0.3) is 0 Å². The predicted molar refractivity (Wildman–Crippen MR) is 72.8 cm³/mol. The van der Waals surface area contributed by atoms with Gasteiger partial charge in [0.2, 0.25) is 0 Å². The molecule has 5 heteroatoms. The van der Waals surface area contributed by atoms with Gasteiger partial charge in [-0.15, -0.1) is 0 Å². The summed E-state index contributed by atoms with van der Waals surface area (Å²) in [5, 5.41) is 12.6. The van der Waals surface area contributed by atoms with E-state index in [4.69, 9.17) is 0 Å². The molecular weight excluding hydrogens is 230 g/mol. The Hall–Kier alpha value is -1.36. The third-order valence-electron chi connectivity index (χ3n) is 3.61. The first kappa shape index (κ1) is 14.7. The van der Waals surface area contributed by atoms with E-state index in [1.807, 2.05) is 6.92 Å². The molecule has 0 amide bonds. The van der Waals surface area contributed by atoms with E-state index in [0.717, 1.165) is 12.8 Å². The van der Waals surface area contributed by atoms with E-state index in [1.165, 1.54) is 6.07 Å². The summed E-state index contributed by atoms with van der Waals surface area (Å²) in [6, 6.07) is 1.45. The molecule has 18 heavy (non-hydrogen) atoms. The molecule has 3 N–H and O–H groups in total. The van der Waals surface area contributed by atoms with Gasteiger partial charge in [0.05, 0.1) is 6.61 Å². The number of aliphatic hydroxyl groups excluding tert-OH is 1. The molecule has 0 saturated heterocycles. The van der Waals surface area contributed by atoms with Gasteiger partial charge >= 0.3 is 0 Å². The molecule has 0 aromatic carbocycles. The summed E-state index contributed by atoms with van der Waals surface area (Å²) in [5.74, 6) is 1.25. The summed E-state index contributed by atoms with van der Waals surface area (Å²) in [7, 11) is 0. The Bertz CT molecular complexity index is 416. The van der Waals surface area contributed by atoms with E-state index in [2.05, 4.69) is 29.1 Å². The maximum absolute atomic E-state index is 11.4. The Morgan fingerprint density at radius 3 is 2.56 bits per heavy atom. The second-order valence-electron chi connectivity index (χ2n) is 4.65. The monoisotopic (exact) mass is 253 g/mol. The fourth-order valence-corrected chi connectivity index (χ4v) is 1.82. The minimum atomic E-state index is -0.146. The zero-order chi connectivity index (χ0) is 13.6. The second kappa shape index (κ2) is 6.54. The largest absolute Gasteiger partial charge is 0.396 e. The van der Waals surface area contributed by atoms with Crippen LogP contribution in [0.1, 0.15) is 39.4 Å². The maximum atomic E-state index is 11.4. The molecule has 0 atom stereocenters. The molecule has 5 nitrogen and oxygen atoms in total. The van der Waals surface area contributed by atoms with Gasteiger partial charge in [-0.1, -0.05) is 20.8 Å². The molecule has 1 rings (SSSR count). The Morgan fingerprint density at radius 1 is 1.39 bits per heavy atom. The van der Waals surface area contributed by atoms with Crippen LogP contribution in [0.15, 0.2) is 10.9 Å². The van der Waals surface area contributed by atoms with Crippen molar-refractivity contribution in [1.29, 1.82) is 0 Å². The quantitative estimate of drug-likeness (QED) is 0.689. The Kier molecular flexibility index (Phi) is 5.34. The van der Waals surface area contributed by atoms with Gasteiger partial charge in [-0.05, 0) is 12.8 Å². The average Bonchev–Trinajstić information content (AvgIpc) is 2.40. The van der Waals surface area contributed by atoms with Crippen molar-refractivity contribution in [3.05, 3.63) is 22.2 Å². The van der Waals surface area contributed by atoms with Crippen molar-refractivity contribution in [2.24, 2.45) is 5.41 Å². The van der Waals surface area contributed by atoms with Crippen molar-refractivity contribution in [2.75, 3.05) is 18.5 Å². The summed E-state index contributed by atoms with van der Waals surface area (Å²) in [5.41, 5.74) is -0.289. The van der Waals surface area contributed by atoms with Gasteiger partial charge in [-0.2, -0.15) is 0 Å². The fraction of sp³-hybridized carbons (Fsp3) is 0.692. The minimum Gasteiger partial charge on any atom is -0.396 e. The predicted octanol–water partition coefficient (Wildman–Crippen LogP) is 1.54. The smallest absolute Gasteiger partial charge is 0.252 e. The SMILES string of the molecule is CCc1nc(NCC(CC)(CC)CO)cc(=O)[nH]1. The third kappa shape index (κ3) is 3.57. The van der Waals surface area contributed by atoms with E-state index in [1.54, 1.807) is 0 Å². The van der Waals surface area contributed by atoms with Crippen molar-refractivity contribution in [3.63, 3.8) is 0 Å². The lowest BCUT2D eigenvalue weighted by Gasteiger charge is -2.29. The number of hydrogen-bond donors (Lipinski definition) is 3. The number of anilines is 1. The minimum absolute atomic E-state index is 0.136. The molecule has 0 bridgehead atoms. The molecule has 1 heterocycles. The Morgan fingerprint density at radius 2 is 2.06 bits per heavy atom. The van der Waals surface area contributed by atoms with E-state index in [-0.39, 0.29) is 17.6 Å². The topological polar surface area (TPSA) is 78.0 Å². The van der Waals surface area contributed by atoms with Gasteiger partial charge in [0.1, 0.15) is 11.6 Å². The molecule has 0 aliphatic carbocycles. The van der Waals surface area contributed by atoms with Crippen LogP contribution in [-0.4, -0.2) is 28.2 Å². The van der Waals surface area contributed by atoms with Crippen molar-refractivity contribution in [1.82, 2.24) is 9.97 Å². The normalized spacial score (nSPS) is 11.6. The van der Waals surface area contributed by atoms with Crippen LogP contribution in [0.2, 0.25) is 0 Å². The number of aryl methyl sites for hydroxylation is 1. The van der Waals surface area contributed by atoms with E-state index >= 15 is 0 Å². The molecule has 1 aromatic heterocycles. The first-order chi connectivity index (χ1) is 8.59. The van der Waals surface area contributed by atoms with Gasteiger partial charge in [-0.25, -0.2) is 4.98 Å². The second-order valence-corrected chi connectivity index (χ2v) is 4.65. The maximum Gasteiger partial charge on any atom is 0.252 e. The van der Waals surface area contributed by atoms with Gasteiger partial charge in [-0.3, -0.25) is 4.79 Å². The number of hydrogen-bond acceptors (Lipinski definition) is 4. The van der Waals surface area contributed by atoms with Crippen molar-refractivity contribution in [3.8, 4) is 0 Å². The number of nitrogens with zero attached hydrogens (tertiary/aromatic N) is 1. The van der Waals surface area contributed by atoms with E-state index in [0.29, 0.717) is 24.6 Å². The molecule has 0 aliphatic rings. The lowest BCUT2D eigenvalue weighted by Crippen LogP contribution is -2.33. The molecule has 0 unspecified atom stereocenters. The molecule has 102 valence electrons. The lowest BCUT2D eigenvalue weighted by molar-refractivity contribution is 0.127. The van der Waals surface area contributed by atoms with E-state index in [9.17, 15) is 9.90 Å². The van der Waals surface area contributed by atoms with Gasteiger partial charge in [0, 0.05) is 24.4 Å². The number of aliphatic hydroxyl groups is 1. The number of aromatic nitrogens is 2. The number of H-pyrrole nitrogens is 1. The molecular formula is C13H23N3O2. The van der Waals surface area contributed by atoms with Gasteiger partial charge < -0.3 is 15.4 Å². The first-order valence-corrected chi connectivity index (χ1v) is 6.54. The summed E-state index contributed by atoms with van der Waals surface area (Å²) in [4.78, 5) is 18.4. The number of rotatable bonds is 7. The lowest BCUT2D eigenvalue weighted by atomic mass is 9.83. The van der Waals surface area contributed by atoms with Crippen molar-refractivity contribution < 1.29 is 5.11 Å². The highest BCUT2D eigenvalue weighted by molar-refractivity contribution is 5.33. The summed E-state index contributed by atoms with van der Waals surface area (Å²) < 4.78 is 0. The van der Waals surface area contributed by atoms with Crippen molar-refractivity contribution >= 4 is 5.82 Å². The zero-order valence-corrected chi connectivity index (χ0v) is 11.4. The number of aromatic amines is 1. The third-order valence-corrected chi connectivity index (χ3v) is 3.61. The highest BCUT2D eigenvalue weighted by Gasteiger charge is 2.25. The summed E-state index contributed by atoms with van der Waals surface area (Å²) >= 11 is 0. The Labute approximate surface area is 108 Å². The van der Waals surface area contributed by atoms with Crippen LogP contribution in [0, 0.1) is 5.41 Å². The molecule has 0 spiro atoms. The van der Waals surface area contributed by atoms with Crippen LogP contribution in [0.4, 0.5) is 5.82 Å². The summed E-state index contributed by atoms with van der Waals surface area (Å²) in [6.45, 7) is 6.82. The van der Waals surface area contributed by atoms with Gasteiger partial charge in [0.25, 0.3) is 5.56 Å². The fourth-order valence-electron chi connectivity index (χ4n) is 1.82. The van der Waals surface area contributed by atoms with Crippen LogP contribution in [0.3, 0.4) is 0 Å². The van der Waals surface area contributed by atoms with Crippen LogP contribution < -0.4 is 10.9 Å². The molecule has 1 aromatic rings. The standard InChI is InChI=1S/C13H23N3O2/c1-4-10-15-11(7-12(18)16-10)14-8-13(5-2,6-3)9-17/h7,17H,4-6,8-9H2,1-3H3,(H2,14,15,16,18). The van der Waals surface area contributed by atoms with Crippen LogP contribution in [-0.2, 0) is 6.42 Å².